The van der Waals surface area contributed by atoms with Gasteiger partial charge < -0.3 is 25.7 Å². The molecular formula is C33H33ClN4O2. The van der Waals surface area contributed by atoms with Crippen molar-refractivity contribution < 1.29 is 9.21 Å². The fourth-order valence-corrected chi connectivity index (χ4v) is 5.25. The van der Waals surface area contributed by atoms with Crippen LogP contribution < -0.4 is 16.4 Å². The molecule has 0 saturated carbocycles. The number of rotatable bonds is 10. The summed E-state index contributed by atoms with van der Waals surface area (Å²) in [7, 11) is 1.76. The Kier molecular flexibility index (Phi) is 7.99. The van der Waals surface area contributed by atoms with Gasteiger partial charge in [0.1, 0.15) is 11.3 Å². The van der Waals surface area contributed by atoms with E-state index in [9.17, 15) is 4.79 Å². The molecule has 2 atom stereocenters. The molecule has 0 fully saturated rings. The highest BCUT2D eigenvalue weighted by Crippen LogP contribution is 2.31. The van der Waals surface area contributed by atoms with Crippen molar-refractivity contribution in [2.45, 2.75) is 18.9 Å². The number of amides is 1. The maximum Gasteiger partial charge on any atom is 0.269 e. The van der Waals surface area contributed by atoms with E-state index in [1.54, 1.807) is 11.9 Å². The van der Waals surface area contributed by atoms with Crippen LogP contribution in [0.1, 0.15) is 30.2 Å². The Hall–Kier alpha value is -4.42. The highest BCUT2D eigenvalue weighted by molar-refractivity contribution is 6.18. The lowest BCUT2D eigenvalue weighted by molar-refractivity contribution is -0.125. The third-order valence-electron chi connectivity index (χ3n) is 7.15. The van der Waals surface area contributed by atoms with Gasteiger partial charge in [-0.3, -0.25) is 4.79 Å². The number of halogens is 1. The van der Waals surface area contributed by atoms with Crippen molar-refractivity contribution in [3.8, 4) is 0 Å². The molecular weight excluding hydrogens is 520 g/mol. The summed E-state index contributed by atoms with van der Waals surface area (Å²) < 4.78 is 5.97. The first kappa shape index (κ1) is 27.2. The predicted molar refractivity (Wildman–Crippen MR) is 167 cm³/mol. The van der Waals surface area contributed by atoms with Crippen LogP contribution in [0.2, 0.25) is 0 Å². The van der Waals surface area contributed by atoms with E-state index in [-0.39, 0.29) is 23.6 Å². The number of hydrogen-bond acceptors (Lipinski definition) is 5. The van der Waals surface area contributed by atoms with E-state index in [4.69, 9.17) is 21.8 Å². The molecule has 1 amide bonds. The van der Waals surface area contributed by atoms with Crippen molar-refractivity contribution in [1.82, 2.24) is 4.90 Å². The zero-order valence-corrected chi connectivity index (χ0v) is 23.4. The topological polar surface area (TPSA) is 83.5 Å². The number of nitrogens with one attached hydrogen (secondary N) is 2. The van der Waals surface area contributed by atoms with Crippen LogP contribution in [0.5, 0.6) is 0 Å². The van der Waals surface area contributed by atoms with E-state index >= 15 is 0 Å². The molecule has 1 aromatic heterocycles. The summed E-state index contributed by atoms with van der Waals surface area (Å²) in [5.74, 6) is 0.975. The standard InChI is InChI=1S/C33H33ClN4O2/c1-21(32-18-23-8-4-7-11-31(23)40-32)36-25-12-14-26(15-13-25)37-22(2)33(39)38(3)20-24(19-34)27-16-17-30(35)29-10-6-5-9-28(27)29/h4-18,21,24,36-37H,2,19-20,35H2,1,3H3. The minimum absolute atomic E-state index is 0.00976. The number of likely N-dealkylation sites (N-methyl/N-ethyl adjacent to an activating group) is 1. The van der Waals surface area contributed by atoms with E-state index in [0.29, 0.717) is 12.4 Å². The van der Waals surface area contributed by atoms with Gasteiger partial charge in [0.05, 0.1) is 11.7 Å². The van der Waals surface area contributed by atoms with Crippen molar-refractivity contribution in [2.75, 3.05) is 35.8 Å². The van der Waals surface area contributed by atoms with Gasteiger partial charge in [0.15, 0.2) is 0 Å². The molecule has 0 radical (unpaired) electrons. The molecule has 7 heteroatoms. The van der Waals surface area contributed by atoms with Gasteiger partial charge in [0, 0.05) is 53.2 Å². The first-order valence-corrected chi connectivity index (χ1v) is 13.8. The van der Waals surface area contributed by atoms with E-state index in [0.717, 1.165) is 50.1 Å². The van der Waals surface area contributed by atoms with Crippen molar-refractivity contribution in [2.24, 2.45) is 0 Å². The lowest BCUT2D eigenvalue weighted by Gasteiger charge is -2.25. The van der Waals surface area contributed by atoms with Crippen molar-refractivity contribution >= 4 is 56.3 Å². The lowest BCUT2D eigenvalue weighted by Crippen LogP contribution is -2.34. The molecule has 0 aliphatic heterocycles. The number of para-hydroxylation sites is 1. The molecule has 5 rings (SSSR count). The fraction of sp³-hybridized carbons (Fsp3) is 0.182. The Balaban J connectivity index is 1.20. The fourth-order valence-electron chi connectivity index (χ4n) is 4.99. The van der Waals surface area contributed by atoms with Gasteiger partial charge in [-0.1, -0.05) is 55.1 Å². The van der Waals surface area contributed by atoms with E-state index in [1.807, 2.05) is 84.9 Å². The summed E-state index contributed by atoms with van der Waals surface area (Å²) in [6, 6.07) is 29.6. The third-order valence-corrected chi connectivity index (χ3v) is 7.52. The Morgan fingerprint density at radius 1 is 0.975 bits per heavy atom. The van der Waals surface area contributed by atoms with Gasteiger partial charge in [-0.05, 0) is 60.3 Å². The number of fused-ring (bicyclic) bond motifs is 2. The molecule has 0 bridgehead atoms. The summed E-state index contributed by atoms with van der Waals surface area (Å²) in [5.41, 5.74) is 10.8. The smallest absolute Gasteiger partial charge is 0.269 e. The molecule has 40 heavy (non-hydrogen) atoms. The van der Waals surface area contributed by atoms with Crippen LogP contribution in [0, 0.1) is 0 Å². The zero-order chi connectivity index (χ0) is 28.2. The Morgan fingerprint density at radius 3 is 2.38 bits per heavy atom. The average Bonchev–Trinajstić information content (AvgIpc) is 3.42. The molecule has 0 aliphatic carbocycles. The molecule has 1 heterocycles. The number of hydrogen-bond donors (Lipinski definition) is 3. The highest BCUT2D eigenvalue weighted by atomic mass is 35.5. The van der Waals surface area contributed by atoms with Crippen LogP contribution in [0.15, 0.2) is 108 Å². The quantitative estimate of drug-likeness (QED) is 0.0937. The number of carbonyl (C=O) groups excluding carboxylic acids is 1. The Morgan fingerprint density at radius 2 is 1.65 bits per heavy atom. The highest BCUT2D eigenvalue weighted by Gasteiger charge is 2.21. The molecule has 5 aromatic rings. The molecule has 2 unspecified atom stereocenters. The van der Waals surface area contributed by atoms with Gasteiger partial charge >= 0.3 is 0 Å². The summed E-state index contributed by atoms with van der Waals surface area (Å²) in [6.07, 6.45) is 0. The number of anilines is 3. The number of carbonyl (C=O) groups is 1. The maximum atomic E-state index is 13.2. The minimum atomic E-state index is -0.199. The molecule has 0 spiro atoms. The third kappa shape index (κ3) is 5.77. The summed E-state index contributed by atoms with van der Waals surface area (Å²) in [5, 5.41) is 9.72. The number of nitrogens with two attached hydrogens (primary N) is 1. The maximum absolute atomic E-state index is 13.2. The van der Waals surface area contributed by atoms with Gasteiger partial charge in [-0.15, -0.1) is 11.6 Å². The number of benzene rings is 4. The van der Waals surface area contributed by atoms with Gasteiger partial charge in [0.2, 0.25) is 0 Å². The number of nitrogens with zero attached hydrogens (tertiary/aromatic N) is 1. The van der Waals surface area contributed by atoms with Crippen molar-refractivity contribution in [3.63, 3.8) is 0 Å². The largest absolute Gasteiger partial charge is 0.459 e. The van der Waals surface area contributed by atoms with Crippen molar-refractivity contribution in [3.05, 3.63) is 115 Å². The van der Waals surface area contributed by atoms with Gasteiger partial charge in [0.25, 0.3) is 5.91 Å². The summed E-state index contributed by atoms with van der Waals surface area (Å²) in [6.45, 7) is 6.49. The lowest BCUT2D eigenvalue weighted by atomic mass is 9.93. The molecule has 4 aromatic carbocycles. The normalized spacial score (nSPS) is 12.7. The Labute approximate surface area is 239 Å². The second-order valence-corrected chi connectivity index (χ2v) is 10.4. The Bertz CT molecular complexity index is 1630. The van der Waals surface area contributed by atoms with Crippen LogP contribution in [0.25, 0.3) is 21.7 Å². The van der Waals surface area contributed by atoms with Crippen LogP contribution in [0.4, 0.5) is 17.1 Å². The average molecular weight is 553 g/mol. The number of nitrogen functional groups attached to an aromatic ring is 1. The molecule has 204 valence electrons. The molecule has 4 N–H and O–H groups in total. The minimum Gasteiger partial charge on any atom is -0.459 e. The van der Waals surface area contributed by atoms with Crippen molar-refractivity contribution in [1.29, 1.82) is 0 Å². The zero-order valence-electron chi connectivity index (χ0n) is 22.7. The van der Waals surface area contributed by atoms with Crippen LogP contribution >= 0.6 is 11.6 Å². The molecule has 0 saturated heterocycles. The van der Waals surface area contributed by atoms with E-state index in [2.05, 4.69) is 30.2 Å². The van der Waals surface area contributed by atoms with Crippen LogP contribution in [-0.4, -0.2) is 30.3 Å². The van der Waals surface area contributed by atoms with Crippen LogP contribution in [0.3, 0.4) is 0 Å². The number of alkyl halides is 1. The van der Waals surface area contributed by atoms with Crippen LogP contribution in [-0.2, 0) is 4.79 Å². The molecule has 0 aliphatic rings. The number of furan rings is 1. The first-order chi connectivity index (χ1) is 19.3. The second kappa shape index (κ2) is 11.8. The monoisotopic (exact) mass is 552 g/mol. The summed E-state index contributed by atoms with van der Waals surface area (Å²) >= 11 is 6.39. The molecule has 6 nitrogen and oxygen atoms in total. The summed E-state index contributed by atoms with van der Waals surface area (Å²) in [4.78, 5) is 14.8. The van der Waals surface area contributed by atoms with E-state index < -0.39 is 0 Å². The second-order valence-electron chi connectivity index (χ2n) is 10.1. The van der Waals surface area contributed by atoms with Gasteiger partial charge in [-0.2, -0.15) is 0 Å². The van der Waals surface area contributed by atoms with Gasteiger partial charge in [-0.25, -0.2) is 0 Å². The van der Waals surface area contributed by atoms with E-state index in [1.165, 1.54) is 0 Å². The first-order valence-electron chi connectivity index (χ1n) is 13.2. The SMILES string of the molecule is C=C(Nc1ccc(NC(C)c2cc3ccccc3o2)cc1)C(=O)N(C)CC(CCl)c1ccc(N)c2ccccc12. The predicted octanol–water partition coefficient (Wildman–Crippen LogP) is 7.75.